The quantitative estimate of drug-likeness (QED) is 0.596. The van der Waals surface area contributed by atoms with Gasteiger partial charge < -0.3 is 20.5 Å². The van der Waals surface area contributed by atoms with Gasteiger partial charge >= 0.3 is 5.97 Å². The number of rotatable bonds is 7. The zero-order valence-corrected chi connectivity index (χ0v) is 14.4. The summed E-state index contributed by atoms with van der Waals surface area (Å²) in [4.78, 5) is 23.9. The van der Waals surface area contributed by atoms with Crippen molar-refractivity contribution >= 4 is 23.3 Å². The Hall–Kier alpha value is -3.02. The summed E-state index contributed by atoms with van der Waals surface area (Å²) in [5.41, 5.74) is 8.20. The molecule has 0 bridgehead atoms. The highest BCUT2D eigenvalue weighted by atomic mass is 16.5. The zero-order valence-electron chi connectivity index (χ0n) is 14.4. The maximum Gasteiger partial charge on any atom is 0.338 e. The standard InChI is InChI=1S/C19H22N2O4/c1-3-10-24-19(23)14-8-9-15(20)17(11-14)25-12-18(22)21-16-7-5-4-6-13(16)2/h4-9,11H,3,10,12,20H2,1-2H3,(H,21,22). The van der Waals surface area contributed by atoms with Crippen molar-refractivity contribution in [3.8, 4) is 5.75 Å². The molecule has 2 rings (SSSR count). The summed E-state index contributed by atoms with van der Waals surface area (Å²) in [6.07, 6.45) is 0.739. The van der Waals surface area contributed by atoms with Crippen molar-refractivity contribution < 1.29 is 19.1 Å². The van der Waals surface area contributed by atoms with E-state index in [9.17, 15) is 9.59 Å². The molecule has 0 atom stereocenters. The molecule has 132 valence electrons. The largest absolute Gasteiger partial charge is 0.482 e. The summed E-state index contributed by atoms with van der Waals surface area (Å²) >= 11 is 0. The second kappa shape index (κ2) is 8.73. The first-order valence-electron chi connectivity index (χ1n) is 8.06. The number of hydrogen-bond acceptors (Lipinski definition) is 5. The first kappa shape index (κ1) is 18.3. The number of nitrogens with one attached hydrogen (secondary N) is 1. The second-order valence-electron chi connectivity index (χ2n) is 5.54. The lowest BCUT2D eigenvalue weighted by Crippen LogP contribution is -2.21. The van der Waals surface area contributed by atoms with Crippen LogP contribution >= 0.6 is 0 Å². The Bertz CT molecular complexity index is 759. The van der Waals surface area contributed by atoms with Crippen molar-refractivity contribution in [2.45, 2.75) is 20.3 Å². The fraction of sp³-hybridized carbons (Fsp3) is 0.263. The van der Waals surface area contributed by atoms with Crippen LogP contribution in [0, 0.1) is 6.92 Å². The molecule has 2 aromatic rings. The Kier molecular flexibility index (Phi) is 6.39. The number of nitrogen functional groups attached to an aromatic ring is 1. The molecule has 0 fully saturated rings. The molecule has 0 radical (unpaired) electrons. The van der Waals surface area contributed by atoms with E-state index in [2.05, 4.69) is 5.32 Å². The van der Waals surface area contributed by atoms with Crippen LogP contribution in [0.15, 0.2) is 42.5 Å². The van der Waals surface area contributed by atoms with Gasteiger partial charge in [0.25, 0.3) is 5.91 Å². The van der Waals surface area contributed by atoms with E-state index in [-0.39, 0.29) is 18.3 Å². The van der Waals surface area contributed by atoms with Gasteiger partial charge in [-0.2, -0.15) is 0 Å². The smallest absolute Gasteiger partial charge is 0.338 e. The van der Waals surface area contributed by atoms with Crippen molar-refractivity contribution in [1.82, 2.24) is 0 Å². The van der Waals surface area contributed by atoms with Gasteiger partial charge in [0.05, 0.1) is 17.9 Å². The number of esters is 1. The number of carbonyl (C=O) groups is 2. The maximum atomic E-state index is 12.0. The molecule has 1 amide bonds. The number of hydrogen-bond donors (Lipinski definition) is 2. The van der Waals surface area contributed by atoms with Gasteiger partial charge in [-0.3, -0.25) is 4.79 Å². The van der Waals surface area contributed by atoms with Gasteiger partial charge in [-0.1, -0.05) is 25.1 Å². The normalized spacial score (nSPS) is 10.2. The predicted molar refractivity (Wildman–Crippen MR) is 96.7 cm³/mol. The minimum Gasteiger partial charge on any atom is -0.482 e. The Labute approximate surface area is 146 Å². The van der Waals surface area contributed by atoms with Gasteiger partial charge in [-0.05, 0) is 43.2 Å². The lowest BCUT2D eigenvalue weighted by Gasteiger charge is -2.12. The van der Waals surface area contributed by atoms with Crippen molar-refractivity contribution in [3.63, 3.8) is 0 Å². The van der Waals surface area contributed by atoms with E-state index in [1.54, 1.807) is 12.1 Å². The Morgan fingerprint density at radius 2 is 1.92 bits per heavy atom. The van der Waals surface area contributed by atoms with Crippen LogP contribution < -0.4 is 15.8 Å². The highest BCUT2D eigenvalue weighted by molar-refractivity contribution is 5.93. The molecule has 0 aliphatic rings. The molecule has 0 saturated carbocycles. The topological polar surface area (TPSA) is 90.7 Å². The average Bonchev–Trinajstić information content (AvgIpc) is 2.61. The van der Waals surface area contributed by atoms with Crippen molar-refractivity contribution in [2.24, 2.45) is 0 Å². The number of anilines is 2. The zero-order chi connectivity index (χ0) is 18.2. The molecule has 6 heteroatoms. The molecule has 0 aromatic heterocycles. The monoisotopic (exact) mass is 342 g/mol. The number of aryl methyl sites for hydroxylation is 1. The highest BCUT2D eigenvalue weighted by Gasteiger charge is 2.12. The minimum absolute atomic E-state index is 0.216. The third-order valence-electron chi connectivity index (χ3n) is 3.46. The van der Waals surface area contributed by atoms with Gasteiger partial charge in [-0.15, -0.1) is 0 Å². The molecule has 0 heterocycles. The van der Waals surface area contributed by atoms with Crippen LogP contribution in [-0.2, 0) is 9.53 Å². The first-order chi connectivity index (χ1) is 12.0. The number of nitrogens with two attached hydrogens (primary N) is 1. The summed E-state index contributed by atoms with van der Waals surface area (Å²) in [6.45, 7) is 3.95. The second-order valence-corrected chi connectivity index (χ2v) is 5.54. The molecule has 6 nitrogen and oxygen atoms in total. The first-order valence-corrected chi connectivity index (χ1v) is 8.06. The Morgan fingerprint density at radius 1 is 1.16 bits per heavy atom. The fourth-order valence-electron chi connectivity index (χ4n) is 2.11. The molecule has 3 N–H and O–H groups in total. The fourth-order valence-corrected chi connectivity index (χ4v) is 2.11. The SMILES string of the molecule is CCCOC(=O)c1ccc(N)c(OCC(=O)Nc2ccccc2C)c1. The van der Waals surface area contributed by atoms with Crippen LogP contribution in [0.3, 0.4) is 0 Å². The summed E-state index contributed by atoms with van der Waals surface area (Å²) in [6, 6.07) is 12.0. The molecule has 25 heavy (non-hydrogen) atoms. The minimum atomic E-state index is -0.448. The van der Waals surface area contributed by atoms with Crippen LogP contribution in [0.2, 0.25) is 0 Å². The summed E-state index contributed by atoms with van der Waals surface area (Å²) in [5.74, 6) is -0.491. The van der Waals surface area contributed by atoms with Gasteiger partial charge in [0.15, 0.2) is 6.61 Å². The van der Waals surface area contributed by atoms with Crippen LogP contribution in [0.5, 0.6) is 5.75 Å². The maximum absolute atomic E-state index is 12.0. The van der Waals surface area contributed by atoms with Gasteiger partial charge in [0.2, 0.25) is 0 Å². The number of carbonyl (C=O) groups excluding carboxylic acids is 2. The van der Waals surface area contributed by atoms with Crippen molar-refractivity contribution in [2.75, 3.05) is 24.3 Å². The molecule has 2 aromatic carbocycles. The predicted octanol–water partition coefficient (Wildman–Crippen LogP) is 3.16. The van der Waals surface area contributed by atoms with E-state index in [0.717, 1.165) is 17.7 Å². The van der Waals surface area contributed by atoms with E-state index in [1.165, 1.54) is 6.07 Å². The van der Waals surface area contributed by atoms with Gasteiger partial charge in [-0.25, -0.2) is 4.79 Å². The number of para-hydroxylation sites is 1. The summed E-state index contributed by atoms with van der Waals surface area (Å²) in [7, 11) is 0. The lowest BCUT2D eigenvalue weighted by atomic mass is 10.2. The molecular weight excluding hydrogens is 320 g/mol. The summed E-state index contributed by atoms with van der Waals surface area (Å²) in [5, 5.41) is 2.77. The van der Waals surface area contributed by atoms with E-state index in [4.69, 9.17) is 15.2 Å². The number of benzene rings is 2. The lowest BCUT2D eigenvalue weighted by molar-refractivity contribution is -0.118. The number of amides is 1. The number of ether oxygens (including phenoxy) is 2. The van der Waals surface area contributed by atoms with E-state index >= 15 is 0 Å². The highest BCUT2D eigenvalue weighted by Crippen LogP contribution is 2.23. The Balaban J connectivity index is 1.98. The molecule has 0 unspecified atom stereocenters. The Morgan fingerprint density at radius 3 is 2.64 bits per heavy atom. The van der Waals surface area contributed by atoms with Crippen LogP contribution in [0.1, 0.15) is 29.3 Å². The summed E-state index contributed by atoms with van der Waals surface area (Å²) < 4.78 is 10.5. The van der Waals surface area contributed by atoms with Crippen LogP contribution in [0.25, 0.3) is 0 Å². The van der Waals surface area contributed by atoms with Crippen LogP contribution in [0.4, 0.5) is 11.4 Å². The third-order valence-corrected chi connectivity index (χ3v) is 3.46. The van der Waals surface area contributed by atoms with E-state index < -0.39 is 5.97 Å². The van der Waals surface area contributed by atoms with Crippen molar-refractivity contribution in [1.29, 1.82) is 0 Å². The molecule has 0 spiro atoms. The van der Waals surface area contributed by atoms with Gasteiger partial charge in [0.1, 0.15) is 5.75 Å². The molecular formula is C19H22N2O4. The van der Waals surface area contributed by atoms with E-state index in [1.807, 2.05) is 38.1 Å². The molecule has 0 aliphatic heterocycles. The average molecular weight is 342 g/mol. The third kappa shape index (κ3) is 5.24. The molecule has 0 saturated heterocycles. The van der Waals surface area contributed by atoms with Crippen molar-refractivity contribution in [3.05, 3.63) is 53.6 Å². The van der Waals surface area contributed by atoms with Crippen LogP contribution in [-0.4, -0.2) is 25.1 Å². The molecule has 0 aliphatic carbocycles. The van der Waals surface area contributed by atoms with Gasteiger partial charge in [0, 0.05) is 5.69 Å². The van der Waals surface area contributed by atoms with E-state index in [0.29, 0.717) is 17.9 Å².